The van der Waals surface area contributed by atoms with Gasteiger partial charge in [-0.25, -0.2) is 24.1 Å². The predicted octanol–water partition coefficient (Wildman–Crippen LogP) is 0.870. The minimum Gasteiger partial charge on any atom is -0.750 e. The minimum atomic E-state index is -2.86. The van der Waals surface area contributed by atoms with Gasteiger partial charge >= 0.3 is 0 Å². The van der Waals surface area contributed by atoms with Crippen molar-refractivity contribution in [1.82, 2.24) is 19.9 Å². The van der Waals surface area contributed by atoms with Crippen molar-refractivity contribution in [3.63, 3.8) is 0 Å². The van der Waals surface area contributed by atoms with Crippen LogP contribution in [0.2, 0.25) is 0 Å². The normalized spacial score (nSPS) is 9.29. The molecule has 0 amide bonds. The van der Waals surface area contributed by atoms with Gasteiger partial charge in [-0.1, -0.05) is 0 Å². The van der Waals surface area contributed by atoms with E-state index in [0.717, 1.165) is 0 Å². The van der Waals surface area contributed by atoms with Crippen LogP contribution in [0, 0.1) is 0 Å². The fourth-order valence-corrected chi connectivity index (χ4v) is 0.507. The molecule has 0 fully saturated rings. The Morgan fingerprint density at radius 1 is 0.882 bits per heavy atom. The first-order valence-corrected chi connectivity index (χ1v) is 4.95. The molecule has 1 N–H and O–H groups in total. The fourth-order valence-electron chi connectivity index (χ4n) is 0.507. The summed E-state index contributed by atoms with van der Waals surface area (Å²) in [4.78, 5) is 14.7. The number of aromatic nitrogens is 4. The second-order valence-electron chi connectivity index (χ2n) is 2.03. The highest BCUT2D eigenvalue weighted by molar-refractivity contribution is 8.93. The molecular weight excluding hydrogens is 312 g/mol. The Hall–Kier alpha value is -1.29. The van der Waals surface area contributed by atoms with Gasteiger partial charge in [-0.3, -0.25) is 0 Å². The van der Waals surface area contributed by atoms with E-state index >= 15 is 0 Å². The van der Waals surface area contributed by atoms with Crippen molar-refractivity contribution >= 4 is 28.3 Å². The second kappa shape index (κ2) is 14.7. The lowest BCUT2D eigenvalue weighted by atomic mass is 10.7. The molecule has 0 spiro atoms. The van der Waals surface area contributed by atoms with E-state index in [-0.39, 0.29) is 17.0 Å². The van der Waals surface area contributed by atoms with Crippen molar-refractivity contribution < 1.29 is 13.3 Å². The van der Waals surface area contributed by atoms with Crippen LogP contribution in [0.25, 0.3) is 0 Å². The molecule has 2 aromatic rings. The lowest BCUT2D eigenvalue weighted by Crippen LogP contribution is -1.75. The van der Waals surface area contributed by atoms with Gasteiger partial charge in [0.1, 0.15) is 12.7 Å². The SMILES string of the molecule is Br.O=S([O-])O.c1cncnc1.c1cncnc1. The van der Waals surface area contributed by atoms with E-state index in [1.807, 2.05) is 0 Å². The second-order valence-corrected chi connectivity index (χ2v) is 2.46. The summed E-state index contributed by atoms with van der Waals surface area (Å²) in [6.45, 7) is 0. The van der Waals surface area contributed by atoms with Crippen LogP contribution in [0.15, 0.2) is 49.6 Å². The summed E-state index contributed by atoms with van der Waals surface area (Å²) >= 11 is -2.86. The van der Waals surface area contributed by atoms with E-state index in [9.17, 15) is 0 Å². The van der Waals surface area contributed by atoms with Crippen molar-refractivity contribution in [1.29, 1.82) is 0 Å². The zero-order chi connectivity index (χ0) is 12.1. The number of rotatable bonds is 0. The zero-order valence-electron chi connectivity index (χ0n) is 8.49. The first-order chi connectivity index (χ1) is 7.73. The third kappa shape index (κ3) is 20.7. The summed E-state index contributed by atoms with van der Waals surface area (Å²) < 4.78 is 24.1. The van der Waals surface area contributed by atoms with Crippen LogP contribution < -0.4 is 0 Å². The maximum atomic E-state index is 8.56. The third-order valence-corrected chi connectivity index (χ3v) is 0.955. The van der Waals surface area contributed by atoms with Crippen molar-refractivity contribution in [2.24, 2.45) is 0 Å². The number of hydrogen-bond acceptors (Lipinski definition) is 6. The predicted molar refractivity (Wildman–Crippen MR) is 65.9 cm³/mol. The average molecular weight is 322 g/mol. The molecule has 1 atom stereocenters. The summed E-state index contributed by atoms with van der Waals surface area (Å²) in [7, 11) is 0. The van der Waals surface area contributed by atoms with Crippen LogP contribution in [0.5, 0.6) is 0 Å². The maximum absolute atomic E-state index is 8.56. The lowest BCUT2D eigenvalue weighted by molar-refractivity contribution is 0.436. The van der Waals surface area contributed by atoms with Crippen LogP contribution in [-0.4, -0.2) is 33.3 Å². The smallest absolute Gasteiger partial charge is 0.115 e. The maximum Gasteiger partial charge on any atom is 0.115 e. The summed E-state index contributed by atoms with van der Waals surface area (Å²) in [6.07, 6.45) is 9.75. The molecule has 17 heavy (non-hydrogen) atoms. The highest BCUT2D eigenvalue weighted by atomic mass is 79.9. The summed E-state index contributed by atoms with van der Waals surface area (Å²) in [5.41, 5.74) is 0. The first kappa shape index (κ1) is 18.1. The monoisotopic (exact) mass is 321 g/mol. The number of nitrogens with zero attached hydrogens (tertiary/aromatic N) is 4. The van der Waals surface area contributed by atoms with Gasteiger partial charge in [0.05, 0.1) is 11.4 Å². The molecule has 1 unspecified atom stereocenters. The number of halogens is 1. The molecule has 94 valence electrons. The highest BCUT2D eigenvalue weighted by Crippen LogP contribution is 1.67. The van der Waals surface area contributed by atoms with E-state index in [0.29, 0.717) is 0 Å². The summed E-state index contributed by atoms with van der Waals surface area (Å²) in [5.74, 6) is 0. The molecule has 0 bridgehead atoms. The first-order valence-electron chi connectivity index (χ1n) is 3.91. The molecule has 0 saturated heterocycles. The van der Waals surface area contributed by atoms with E-state index in [2.05, 4.69) is 19.9 Å². The van der Waals surface area contributed by atoms with Crippen molar-refractivity contribution in [2.75, 3.05) is 0 Å². The Balaban J connectivity index is 0. The minimum absolute atomic E-state index is 0. The third-order valence-electron chi connectivity index (χ3n) is 0.955. The Morgan fingerprint density at radius 3 is 1.18 bits per heavy atom. The van der Waals surface area contributed by atoms with Gasteiger partial charge in [-0.05, 0) is 12.1 Å². The molecule has 9 heteroatoms. The molecule has 2 heterocycles. The van der Waals surface area contributed by atoms with Gasteiger partial charge in [-0.2, -0.15) is 0 Å². The van der Waals surface area contributed by atoms with Crippen LogP contribution in [0.4, 0.5) is 0 Å². The molecule has 0 aliphatic heterocycles. The highest BCUT2D eigenvalue weighted by Gasteiger charge is 1.59. The molecular formula is C8H10BrN4O3S-. The summed E-state index contributed by atoms with van der Waals surface area (Å²) in [5, 5.41) is 0. The Bertz CT molecular complexity index is 279. The molecule has 2 aromatic heterocycles. The number of hydrogen-bond donors (Lipinski definition) is 1. The van der Waals surface area contributed by atoms with Gasteiger partial charge in [0.15, 0.2) is 0 Å². The van der Waals surface area contributed by atoms with Gasteiger partial charge in [-0.15, -0.1) is 17.0 Å². The molecule has 2 rings (SSSR count). The Kier molecular flexibility index (Phi) is 15.6. The van der Waals surface area contributed by atoms with Crippen LogP contribution in [-0.2, 0) is 11.4 Å². The Morgan fingerprint density at radius 2 is 1.12 bits per heavy atom. The zero-order valence-corrected chi connectivity index (χ0v) is 11.0. The average Bonchev–Trinajstić information content (AvgIpc) is 2.34. The quantitative estimate of drug-likeness (QED) is 0.716. The molecule has 0 aromatic carbocycles. The van der Waals surface area contributed by atoms with E-state index in [1.54, 1.807) is 36.9 Å². The van der Waals surface area contributed by atoms with E-state index in [1.165, 1.54) is 12.7 Å². The molecule has 0 aliphatic rings. The van der Waals surface area contributed by atoms with Gasteiger partial charge in [0.2, 0.25) is 0 Å². The van der Waals surface area contributed by atoms with Crippen molar-refractivity contribution in [3.8, 4) is 0 Å². The topological polar surface area (TPSA) is 112 Å². The fraction of sp³-hybridized carbons (Fsp3) is 0. The van der Waals surface area contributed by atoms with Crippen molar-refractivity contribution in [3.05, 3.63) is 49.6 Å². The van der Waals surface area contributed by atoms with Gasteiger partial charge < -0.3 is 9.11 Å². The van der Waals surface area contributed by atoms with E-state index < -0.39 is 11.4 Å². The van der Waals surface area contributed by atoms with Crippen LogP contribution in [0.3, 0.4) is 0 Å². The van der Waals surface area contributed by atoms with Gasteiger partial charge in [0.25, 0.3) is 0 Å². The van der Waals surface area contributed by atoms with Crippen molar-refractivity contribution in [2.45, 2.75) is 0 Å². The lowest BCUT2D eigenvalue weighted by Gasteiger charge is -1.83. The standard InChI is InChI=1S/2C4H4N2.BrH.H2O3S/c2*1-2-5-4-6-3-1;;1-4(2)3/h2*1-4H;1H;(H2,1,2,3)/p-1. The molecule has 0 aliphatic carbocycles. The van der Waals surface area contributed by atoms with Crippen LogP contribution in [0.1, 0.15) is 0 Å². The Labute approximate surface area is 111 Å². The largest absolute Gasteiger partial charge is 0.750 e. The summed E-state index contributed by atoms with van der Waals surface area (Å²) in [6, 6.07) is 3.56. The molecule has 0 radical (unpaired) electrons. The molecule has 0 saturated carbocycles. The van der Waals surface area contributed by atoms with Crippen LogP contribution >= 0.6 is 17.0 Å². The van der Waals surface area contributed by atoms with E-state index in [4.69, 9.17) is 13.3 Å². The molecule has 7 nitrogen and oxygen atoms in total. The van der Waals surface area contributed by atoms with Gasteiger partial charge in [0, 0.05) is 24.8 Å².